The van der Waals surface area contributed by atoms with Gasteiger partial charge in [-0.3, -0.25) is 9.69 Å². The lowest BCUT2D eigenvalue weighted by Crippen LogP contribution is -2.53. The van der Waals surface area contributed by atoms with Crippen molar-refractivity contribution >= 4 is 39.8 Å². The lowest BCUT2D eigenvalue weighted by Gasteiger charge is -2.36. The third-order valence-corrected chi connectivity index (χ3v) is 5.50. The summed E-state index contributed by atoms with van der Waals surface area (Å²) in [6, 6.07) is 6.98. The first-order valence-corrected chi connectivity index (χ1v) is 10.4. The summed E-state index contributed by atoms with van der Waals surface area (Å²) in [5.74, 6) is -0.233. The van der Waals surface area contributed by atoms with Gasteiger partial charge >= 0.3 is 0 Å². The van der Waals surface area contributed by atoms with E-state index in [1.165, 1.54) is 0 Å². The van der Waals surface area contributed by atoms with Gasteiger partial charge in [-0.05, 0) is 18.1 Å². The Bertz CT molecular complexity index is 677. The highest BCUT2D eigenvalue weighted by molar-refractivity contribution is 7.90. The molecule has 2 N–H and O–H groups in total. The van der Waals surface area contributed by atoms with E-state index in [0.717, 1.165) is 36.5 Å². The van der Waals surface area contributed by atoms with Crippen LogP contribution in [0.25, 0.3) is 0 Å². The number of halogens is 2. The fraction of sp³-hybridized carbons (Fsp3) is 0.562. The smallest absolute Gasteiger partial charge is 0.239 e. The number of sulfone groups is 1. The second-order valence-corrected chi connectivity index (χ2v) is 8.88. The average Bonchev–Trinajstić information content (AvgIpc) is 2.54. The van der Waals surface area contributed by atoms with E-state index in [-0.39, 0.29) is 30.5 Å². The Kier molecular flexibility index (Phi) is 8.63. The van der Waals surface area contributed by atoms with Crippen molar-refractivity contribution in [2.75, 3.05) is 38.2 Å². The van der Waals surface area contributed by atoms with Gasteiger partial charge in [0, 0.05) is 44.0 Å². The summed E-state index contributed by atoms with van der Waals surface area (Å²) in [7, 11) is -3.10. The van der Waals surface area contributed by atoms with Crippen LogP contribution in [0.3, 0.4) is 0 Å². The van der Waals surface area contributed by atoms with E-state index in [9.17, 15) is 13.2 Å². The van der Waals surface area contributed by atoms with E-state index in [1.807, 2.05) is 24.3 Å². The molecule has 1 aliphatic heterocycles. The van der Waals surface area contributed by atoms with Crippen LogP contribution >= 0.6 is 24.0 Å². The largest absolute Gasteiger partial charge is 0.339 e. The number of carbonyl (C=O) groups is 1. The number of carbonyl (C=O) groups excluding carboxylic acids is 1. The van der Waals surface area contributed by atoms with Crippen LogP contribution in [0.1, 0.15) is 12.0 Å². The van der Waals surface area contributed by atoms with Crippen molar-refractivity contribution in [3.63, 3.8) is 0 Å². The molecule has 0 bridgehead atoms. The summed E-state index contributed by atoms with van der Waals surface area (Å²) in [6.45, 7) is 3.43. The highest BCUT2D eigenvalue weighted by Crippen LogP contribution is 2.18. The summed E-state index contributed by atoms with van der Waals surface area (Å²) in [5, 5.41) is 0.749. The molecule has 0 saturated carbocycles. The molecule has 6 nitrogen and oxygen atoms in total. The third kappa shape index (κ3) is 7.11. The lowest BCUT2D eigenvalue weighted by molar-refractivity contribution is -0.134. The molecule has 0 aromatic heterocycles. The van der Waals surface area contributed by atoms with Gasteiger partial charge in [0.25, 0.3) is 0 Å². The number of benzene rings is 1. The van der Waals surface area contributed by atoms with Gasteiger partial charge in [-0.15, -0.1) is 12.4 Å². The molecule has 1 aromatic rings. The average molecular weight is 410 g/mol. The third-order valence-electron chi connectivity index (χ3n) is 4.15. The topological polar surface area (TPSA) is 83.7 Å². The summed E-state index contributed by atoms with van der Waals surface area (Å²) in [4.78, 5) is 16.3. The number of piperazine rings is 1. The van der Waals surface area contributed by atoms with Crippen LogP contribution in [0.2, 0.25) is 5.02 Å². The van der Waals surface area contributed by atoms with Crippen molar-refractivity contribution < 1.29 is 13.2 Å². The fourth-order valence-corrected chi connectivity index (χ4v) is 3.57. The minimum atomic E-state index is -3.10. The molecule has 1 aromatic carbocycles. The molecule has 0 aliphatic carbocycles. The maximum absolute atomic E-state index is 12.3. The number of nitrogens with zero attached hydrogens (tertiary/aromatic N) is 2. The second kappa shape index (κ2) is 9.73. The predicted molar refractivity (Wildman–Crippen MR) is 103 cm³/mol. The highest BCUT2D eigenvalue weighted by Gasteiger charge is 2.26. The zero-order valence-electron chi connectivity index (χ0n) is 14.2. The van der Waals surface area contributed by atoms with Gasteiger partial charge < -0.3 is 10.6 Å². The van der Waals surface area contributed by atoms with Gasteiger partial charge in [-0.25, -0.2) is 8.42 Å². The Hall–Kier alpha value is -0.860. The summed E-state index contributed by atoms with van der Waals surface area (Å²) >= 11 is 6.18. The first-order chi connectivity index (χ1) is 11.3. The zero-order valence-corrected chi connectivity index (χ0v) is 16.6. The molecule has 2 rings (SSSR count). The Morgan fingerprint density at radius 3 is 2.40 bits per heavy atom. The molecule has 9 heteroatoms. The molecule has 142 valence electrons. The monoisotopic (exact) mass is 409 g/mol. The summed E-state index contributed by atoms with van der Waals surface area (Å²) in [6.07, 6.45) is 1.31. The summed E-state index contributed by atoms with van der Waals surface area (Å²) in [5.41, 5.74) is 6.92. The molecule has 1 amide bonds. The lowest BCUT2D eigenvalue weighted by atomic mass is 10.1. The number of hydrogen-bond donors (Lipinski definition) is 1. The van der Waals surface area contributed by atoms with Gasteiger partial charge in [0.2, 0.25) is 5.91 Å². The molecule has 1 fully saturated rings. The Morgan fingerprint density at radius 2 is 1.84 bits per heavy atom. The molecule has 1 saturated heterocycles. The van der Waals surface area contributed by atoms with Gasteiger partial charge in [0.15, 0.2) is 0 Å². The van der Waals surface area contributed by atoms with Gasteiger partial charge in [0.1, 0.15) is 9.84 Å². The second-order valence-electron chi connectivity index (χ2n) is 6.22. The molecule has 1 atom stereocenters. The van der Waals surface area contributed by atoms with Gasteiger partial charge in [-0.2, -0.15) is 0 Å². The van der Waals surface area contributed by atoms with E-state index in [0.29, 0.717) is 13.1 Å². The number of nitrogens with two attached hydrogens (primary N) is 1. The minimum absolute atomic E-state index is 0. The molecule has 0 radical (unpaired) electrons. The van der Waals surface area contributed by atoms with Crippen molar-refractivity contribution in [1.82, 2.24) is 9.80 Å². The van der Waals surface area contributed by atoms with Crippen molar-refractivity contribution in [2.24, 2.45) is 5.73 Å². The number of rotatable bonds is 6. The molecule has 1 heterocycles. The standard InChI is InChI=1S/C16H24ClN3O3S.ClH/c1-24(22,23)11-6-15(18)16(21)20-9-7-19(8-10-20)12-13-4-2-3-5-14(13)17;/h2-5,15H,6-12,18H2,1H3;1H. The molecule has 25 heavy (non-hydrogen) atoms. The van der Waals surface area contributed by atoms with Crippen LogP contribution in [0.4, 0.5) is 0 Å². The number of hydrogen-bond acceptors (Lipinski definition) is 5. The van der Waals surface area contributed by atoms with E-state index >= 15 is 0 Å². The van der Waals surface area contributed by atoms with Crippen molar-refractivity contribution in [3.8, 4) is 0 Å². The molecular formula is C16H25Cl2N3O3S. The minimum Gasteiger partial charge on any atom is -0.339 e. The maximum atomic E-state index is 12.3. The van der Waals surface area contributed by atoms with E-state index in [4.69, 9.17) is 17.3 Å². The molecule has 1 aliphatic rings. The SMILES string of the molecule is CS(=O)(=O)CCC(N)C(=O)N1CCN(Cc2ccccc2Cl)CC1.Cl. The normalized spacial score (nSPS) is 17.0. The van der Waals surface area contributed by atoms with Crippen LogP contribution in [0.5, 0.6) is 0 Å². The van der Waals surface area contributed by atoms with Crippen LogP contribution < -0.4 is 5.73 Å². The van der Waals surface area contributed by atoms with Gasteiger partial charge in [-0.1, -0.05) is 29.8 Å². The summed E-state index contributed by atoms with van der Waals surface area (Å²) < 4.78 is 22.4. The van der Waals surface area contributed by atoms with Crippen molar-refractivity contribution in [2.45, 2.75) is 19.0 Å². The van der Waals surface area contributed by atoms with Gasteiger partial charge in [0.05, 0.1) is 11.8 Å². The molecule has 1 unspecified atom stereocenters. The quantitative estimate of drug-likeness (QED) is 0.761. The van der Waals surface area contributed by atoms with Crippen molar-refractivity contribution in [3.05, 3.63) is 34.9 Å². The fourth-order valence-electron chi connectivity index (χ4n) is 2.69. The van der Waals surface area contributed by atoms with E-state index in [1.54, 1.807) is 4.90 Å². The first kappa shape index (κ1) is 22.2. The first-order valence-electron chi connectivity index (χ1n) is 7.94. The molecule has 0 spiro atoms. The Balaban J connectivity index is 0.00000312. The predicted octanol–water partition coefficient (Wildman–Crippen LogP) is 1.17. The molecular weight excluding hydrogens is 385 g/mol. The van der Waals surface area contributed by atoms with Crippen LogP contribution in [-0.2, 0) is 21.2 Å². The highest BCUT2D eigenvalue weighted by atomic mass is 35.5. The van der Waals surface area contributed by atoms with Crippen LogP contribution in [0.15, 0.2) is 24.3 Å². The van der Waals surface area contributed by atoms with Crippen LogP contribution in [-0.4, -0.2) is 68.4 Å². The van der Waals surface area contributed by atoms with Crippen molar-refractivity contribution in [1.29, 1.82) is 0 Å². The number of amides is 1. The van der Waals surface area contributed by atoms with Crippen LogP contribution in [0, 0.1) is 0 Å². The maximum Gasteiger partial charge on any atom is 0.239 e. The zero-order chi connectivity index (χ0) is 17.7. The van der Waals surface area contributed by atoms with E-state index < -0.39 is 15.9 Å². The van der Waals surface area contributed by atoms with E-state index in [2.05, 4.69) is 4.90 Å². The Labute approximate surface area is 160 Å². The Morgan fingerprint density at radius 1 is 1.24 bits per heavy atom.